The minimum absolute atomic E-state index is 0.291. The second kappa shape index (κ2) is 5.66. The van der Waals surface area contributed by atoms with Gasteiger partial charge in [-0.1, -0.05) is 27.7 Å². The summed E-state index contributed by atoms with van der Waals surface area (Å²) in [6, 6.07) is 3.83. The number of pyridine rings is 1. The first-order valence-electron chi connectivity index (χ1n) is 7.52. The number of ether oxygens (including phenoxy) is 1. The number of esters is 1. The van der Waals surface area contributed by atoms with Crippen LogP contribution < -0.4 is 5.32 Å². The third-order valence-corrected chi connectivity index (χ3v) is 4.11. The van der Waals surface area contributed by atoms with Crippen molar-refractivity contribution in [1.29, 1.82) is 0 Å². The van der Waals surface area contributed by atoms with E-state index in [4.69, 9.17) is 4.74 Å². The van der Waals surface area contributed by atoms with E-state index in [0.29, 0.717) is 28.3 Å². The average Bonchev–Trinajstić information content (AvgIpc) is 2.34. The van der Waals surface area contributed by atoms with E-state index in [1.165, 1.54) is 13.5 Å². The molecule has 0 radical (unpaired) electrons. The van der Waals surface area contributed by atoms with Crippen LogP contribution in [-0.2, 0) is 4.74 Å². The van der Waals surface area contributed by atoms with E-state index in [9.17, 15) is 4.79 Å². The molecule has 4 heteroatoms. The van der Waals surface area contributed by atoms with E-state index >= 15 is 0 Å². The molecule has 1 aliphatic rings. The maximum absolute atomic E-state index is 11.8. The van der Waals surface area contributed by atoms with E-state index in [1.807, 2.05) is 0 Å². The van der Waals surface area contributed by atoms with Crippen LogP contribution in [0, 0.1) is 10.8 Å². The molecular weight excluding hydrogens is 264 g/mol. The first-order chi connectivity index (χ1) is 9.72. The lowest BCUT2D eigenvalue weighted by Gasteiger charge is -2.45. The van der Waals surface area contributed by atoms with Gasteiger partial charge in [-0.15, -0.1) is 0 Å². The van der Waals surface area contributed by atoms with Crippen LogP contribution in [0.4, 0.5) is 5.82 Å². The first kappa shape index (κ1) is 15.8. The molecule has 1 aromatic rings. The second-order valence-electron chi connectivity index (χ2n) is 7.65. The molecule has 0 amide bonds. The Labute approximate surface area is 127 Å². The third-order valence-electron chi connectivity index (χ3n) is 4.11. The van der Waals surface area contributed by atoms with Crippen molar-refractivity contribution in [3.8, 4) is 0 Å². The van der Waals surface area contributed by atoms with E-state index in [-0.39, 0.29) is 5.97 Å². The molecule has 0 spiro atoms. The van der Waals surface area contributed by atoms with Crippen molar-refractivity contribution in [2.45, 2.75) is 53.0 Å². The second-order valence-corrected chi connectivity index (χ2v) is 7.65. The van der Waals surface area contributed by atoms with Crippen LogP contribution in [0.3, 0.4) is 0 Å². The quantitative estimate of drug-likeness (QED) is 0.858. The fourth-order valence-electron chi connectivity index (χ4n) is 3.94. The van der Waals surface area contributed by atoms with Gasteiger partial charge in [0.25, 0.3) is 0 Å². The van der Waals surface area contributed by atoms with Crippen LogP contribution in [0.5, 0.6) is 0 Å². The molecule has 2 rings (SSSR count). The number of carbonyl (C=O) groups is 1. The van der Waals surface area contributed by atoms with Gasteiger partial charge >= 0.3 is 5.97 Å². The van der Waals surface area contributed by atoms with Gasteiger partial charge in [0.05, 0.1) is 7.11 Å². The van der Waals surface area contributed by atoms with Gasteiger partial charge in [-0.25, -0.2) is 9.78 Å². The van der Waals surface area contributed by atoms with Crippen molar-refractivity contribution in [3.05, 3.63) is 23.9 Å². The number of hydrogen-bond acceptors (Lipinski definition) is 4. The summed E-state index contributed by atoms with van der Waals surface area (Å²) >= 11 is 0. The standard InChI is InChI=1S/C17H26N2O2/c1-16(2)9-12(10-17(3,4)11-16)19-14-13(15(20)21-5)7-6-8-18-14/h6-8,12H,9-11H2,1-5H3,(H,18,19). The number of carbonyl (C=O) groups excluding carboxylic acids is 1. The Hall–Kier alpha value is -1.58. The molecule has 21 heavy (non-hydrogen) atoms. The molecule has 4 nitrogen and oxygen atoms in total. The van der Waals surface area contributed by atoms with Crippen molar-refractivity contribution in [2.24, 2.45) is 10.8 Å². The molecule has 1 saturated carbocycles. The fourth-order valence-corrected chi connectivity index (χ4v) is 3.94. The van der Waals surface area contributed by atoms with Crippen LogP contribution >= 0.6 is 0 Å². The van der Waals surface area contributed by atoms with E-state index < -0.39 is 0 Å². The lowest BCUT2D eigenvalue weighted by Crippen LogP contribution is -2.40. The SMILES string of the molecule is COC(=O)c1cccnc1NC1CC(C)(C)CC(C)(C)C1. The van der Waals surface area contributed by atoms with Crippen LogP contribution in [0.1, 0.15) is 57.3 Å². The number of hydrogen-bond donors (Lipinski definition) is 1. The van der Waals surface area contributed by atoms with Gasteiger partial charge in [0.15, 0.2) is 0 Å². The average molecular weight is 290 g/mol. The summed E-state index contributed by atoms with van der Waals surface area (Å²) in [5.74, 6) is 0.280. The molecule has 1 heterocycles. The zero-order chi connectivity index (χ0) is 15.7. The Morgan fingerprint density at radius 2 is 1.90 bits per heavy atom. The van der Waals surface area contributed by atoms with Crippen molar-refractivity contribution in [2.75, 3.05) is 12.4 Å². The van der Waals surface area contributed by atoms with Gasteiger partial charge in [0.2, 0.25) is 0 Å². The van der Waals surface area contributed by atoms with Crippen molar-refractivity contribution in [3.63, 3.8) is 0 Å². The lowest BCUT2D eigenvalue weighted by molar-refractivity contribution is 0.0601. The van der Waals surface area contributed by atoms with Gasteiger partial charge in [-0.2, -0.15) is 0 Å². The molecule has 0 aromatic carbocycles. The number of rotatable bonds is 3. The van der Waals surface area contributed by atoms with Gasteiger partial charge < -0.3 is 10.1 Å². The first-order valence-corrected chi connectivity index (χ1v) is 7.52. The highest BCUT2D eigenvalue weighted by molar-refractivity contribution is 5.94. The highest BCUT2D eigenvalue weighted by atomic mass is 16.5. The Morgan fingerprint density at radius 1 is 1.29 bits per heavy atom. The van der Waals surface area contributed by atoms with Crippen molar-refractivity contribution < 1.29 is 9.53 Å². The minimum atomic E-state index is -0.347. The Bertz CT molecular complexity index is 507. The molecule has 0 aliphatic heterocycles. The summed E-state index contributed by atoms with van der Waals surface area (Å²) in [7, 11) is 1.39. The number of nitrogens with zero attached hydrogens (tertiary/aromatic N) is 1. The molecule has 0 bridgehead atoms. The van der Waals surface area contributed by atoms with E-state index in [0.717, 1.165) is 12.8 Å². The third kappa shape index (κ3) is 3.96. The minimum Gasteiger partial charge on any atom is -0.465 e. The Morgan fingerprint density at radius 3 is 2.48 bits per heavy atom. The Balaban J connectivity index is 2.20. The van der Waals surface area contributed by atoms with E-state index in [1.54, 1.807) is 18.3 Å². The predicted molar refractivity (Wildman–Crippen MR) is 84.4 cm³/mol. The van der Waals surface area contributed by atoms with E-state index in [2.05, 4.69) is 38.0 Å². The molecule has 116 valence electrons. The van der Waals surface area contributed by atoms with Crippen LogP contribution in [0.15, 0.2) is 18.3 Å². The predicted octanol–water partition coefficient (Wildman–Crippen LogP) is 3.89. The molecule has 0 saturated heterocycles. The number of anilines is 1. The fraction of sp³-hybridized carbons (Fsp3) is 0.647. The maximum Gasteiger partial charge on any atom is 0.341 e. The summed E-state index contributed by atoms with van der Waals surface area (Å²) in [6.07, 6.45) is 5.07. The highest BCUT2D eigenvalue weighted by Gasteiger charge is 2.38. The van der Waals surface area contributed by atoms with Gasteiger partial charge in [-0.05, 0) is 42.2 Å². The highest BCUT2D eigenvalue weighted by Crippen LogP contribution is 2.46. The molecule has 1 aliphatic carbocycles. The lowest BCUT2D eigenvalue weighted by atomic mass is 9.63. The largest absolute Gasteiger partial charge is 0.465 e. The molecule has 1 fully saturated rings. The zero-order valence-corrected chi connectivity index (χ0v) is 13.7. The summed E-state index contributed by atoms with van der Waals surface area (Å²) in [5.41, 5.74) is 1.08. The topological polar surface area (TPSA) is 51.2 Å². The van der Waals surface area contributed by atoms with Crippen LogP contribution in [-0.4, -0.2) is 24.1 Å². The van der Waals surface area contributed by atoms with Crippen molar-refractivity contribution >= 4 is 11.8 Å². The summed E-state index contributed by atoms with van der Waals surface area (Å²) < 4.78 is 4.83. The van der Waals surface area contributed by atoms with Gasteiger partial charge in [0, 0.05) is 12.2 Å². The number of aromatic nitrogens is 1. The van der Waals surface area contributed by atoms with Gasteiger partial charge in [0.1, 0.15) is 11.4 Å². The van der Waals surface area contributed by atoms with Gasteiger partial charge in [-0.3, -0.25) is 0 Å². The van der Waals surface area contributed by atoms with Crippen LogP contribution in [0.2, 0.25) is 0 Å². The Kier molecular flexibility index (Phi) is 4.26. The number of nitrogens with one attached hydrogen (secondary N) is 1. The molecular formula is C17H26N2O2. The summed E-state index contributed by atoms with van der Waals surface area (Å²) in [4.78, 5) is 16.2. The molecule has 1 aromatic heterocycles. The molecule has 1 N–H and O–H groups in total. The molecule has 0 atom stereocenters. The maximum atomic E-state index is 11.8. The van der Waals surface area contributed by atoms with Crippen molar-refractivity contribution in [1.82, 2.24) is 4.98 Å². The van der Waals surface area contributed by atoms with Crippen LogP contribution in [0.25, 0.3) is 0 Å². The summed E-state index contributed by atoms with van der Waals surface area (Å²) in [6.45, 7) is 9.23. The zero-order valence-electron chi connectivity index (χ0n) is 13.7. The monoisotopic (exact) mass is 290 g/mol. The molecule has 0 unspecified atom stereocenters. The number of methoxy groups -OCH3 is 1. The normalized spacial score (nSPS) is 20.8. The summed E-state index contributed by atoms with van der Waals surface area (Å²) in [5, 5.41) is 3.46. The smallest absolute Gasteiger partial charge is 0.341 e.